The van der Waals surface area contributed by atoms with Gasteiger partial charge in [0, 0.05) is 17.3 Å². The Bertz CT molecular complexity index is 610. The van der Waals surface area contributed by atoms with Crippen LogP contribution in [0.1, 0.15) is 33.8 Å². The van der Waals surface area contributed by atoms with E-state index in [4.69, 9.17) is 9.84 Å². The number of aromatic nitrogens is 2. The van der Waals surface area contributed by atoms with Gasteiger partial charge < -0.3 is 9.84 Å². The Labute approximate surface area is 117 Å². The van der Waals surface area contributed by atoms with Crippen LogP contribution in [0.2, 0.25) is 0 Å². The lowest BCUT2D eigenvalue weighted by Gasteiger charge is -2.07. The smallest absolute Gasteiger partial charge is 0.349 e. The number of hydrogen-bond acceptors (Lipinski definition) is 4. The maximum atomic E-state index is 12.6. The third-order valence-corrected chi connectivity index (χ3v) is 3.86. The molecule has 2 aromatic heterocycles. The maximum absolute atomic E-state index is 12.6. The van der Waals surface area contributed by atoms with Gasteiger partial charge in [-0.25, -0.2) is 9.78 Å². The molecule has 8 heteroatoms. The molecule has 0 bridgehead atoms. The average molecular weight is 302 g/mol. The second-order valence-corrected chi connectivity index (χ2v) is 5.02. The number of halogens is 2. The highest BCUT2D eigenvalue weighted by Crippen LogP contribution is 2.30. The van der Waals surface area contributed by atoms with Gasteiger partial charge in [0.1, 0.15) is 12.4 Å². The summed E-state index contributed by atoms with van der Waals surface area (Å²) in [5, 5.41) is 9.06. The van der Waals surface area contributed by atoms with Crippen molar-refractivity contribution >= 4 is 17.3 Å². The molecule has 0 aliphatic rings. The fourth-order valence-corrected chi connectivity index (χ4v) is 2.51. The number of thiophene rings is 1. The third-order valence-electron chi connectivity index (χ3n) is 2.61. The molecule has 0 aliphatic heterocycles. The van der Waals surface area contributed by atoms with Gasteiger partial charge in [-0.1, -0.05) is 6.92 Å². The van der Waals surface area contributed by atoms with Gasteiger partial charge in [0.15, 0.2) is 10.7 Å². The Hall–Kier alpha value is -1.96. The summed E-state index contributed by atoms with van der Waals surface area (Å²) in [6, 6.07) is 1.61. The van der Waals surface area contributed by atoms with Crippen molar-refractivity contribution in [2.24, 2.45) is 0 Å². The topological polar surface area (TPSA) is 64.4 Å². The molecule has 0 radical (unpaired) electrons. The Morgan fingerprint density at radius 2 is 2.35 bits per heavy atom. The van der Waals surface area contributed by atoms with E-state index in [1.165, 1.54) is 6.20 Å². The zero-order valence-corrected chi connectivity index (χ0v) is 11.4. The quantitative estimate of drug-likeness (QED) is 0.890. The molecule has 0 saturated carbocycles. The monoisotopic (exact) mass is 302 g/mol. The van der Waals surface area contributed by atoms with Crippen molar-refractivity contribution in [3.8, 4) is 5.75 Å². The first kappa shape index (κ1) is 14.4. The Balaban J connectivity index is 2.16. The highest BCUT2D eigenvalue weighted by atomic mass is 32.1. The number of alkyl halides is 2. The molecule has 0 saturated heterocycles. The number of carboxylic acid groups (broad SMARTS) is 1. The molecule has 0 fully saturated rings. The van der Waals surface area contributed by atoms with Crippen LogP contribution in [0.25, 0.3) is 0 Å². The molecule has 5 nitrogen and oxygen atoms in total. The van der Waals surface area contributed by atoms with Crippen LogP contribution >= 0.6 is 11.3 Å². The first-order valence-corrected chi connectivity index (χ1v) is 6.63. The van der Waals surface area contributed by atoms with E-state index in [0.717, 1.165) is 22.4 Å². The van der Waals surface area contributed by atoms with Gasteiger partial charge >= 0.3 is 12.5 Å². The van der Waals surface area contributed by atoms with E-state index in [0.29, 0.717) is 11.0 Å². The molecule has 0 unspecified atom stereocenters. The van der Waals surface area contributed by atoms with E-state index in [1.54, 1.807) is 6.07 Å². The Morgan fingerprint density at radius 3 is 2.95 bits per heavy atom. The van der Waals surface area contributed by atoms with Crippen molar-refractivity contribution in [1.29, 1.82) is 0 Å². The summed E-state index contributed by atoms with van der Waals surface area (Å²) in [6.07, 6.45) is 3.07. The number of carbonyl (C=O) groups is 1. The zero-order valence-electron chi connectivity index (χ0n) is 10.5. The summed E-state index contributed by atoms with van der Waals surface area (Å²) in [6.45, 7) is -1.02. The van der Waals surface area contributed by atoms with Gasteiger partial charge in [-0.3, -0.25) is 4.57 Å². The maximum Gasteiger partial charge on any atom is 0.349 e. The van der Waals surface area contributed by atoms with Crippen LogP contribution in [0.4, 0.5) is 8.78 Å². The first-order chi connectivity index (χ1) is 9.52. The van der Waals surface area contributed by atoms with Gasteiger partial charge in [0.05, 0.1) is 0 Å². The predicted molar refractivity (Wildman–Crippen MR) is 68.5 cm³/mol. The molecule has 20 heavy (non-hydrogen) atoms. The summed E-state index contributed by atoms with van der Waals surface area (Å²) in [7, 11) is 0. The first-order valence-electron chi connectivity index (χ1n) is 5.81. The molecule has 108 valence electrons. The molecule has 2 rings (SSSR count). The van der Waals surface area contributed by atoms with E-state index >= 15 is 0 Å². The van der Waals surface area contributed by atoms with Crippen molar-refractivity contribution < 1.29 is 23.4 Å². The number of aryl methyl sites for hydroxylation is 1. The summed E-state index contributed by atoms with van der Waals surface area (Å²) in [5.74, 6) is -0.870. The minimum absolute atomic E-state index is 0.0422. The molecule has 0 atom stereocenters. The lowest BCUT2D eigenvalue weighted by molar-refractivity contribution is 0.0624. The third kappa shape index (κ3) is 2.96. The van der Waals surface area contributed by atoms with Crippen molar-refractivity contribution in [2.75, 3.05) is 0 Å². The lowest BCUT2D eigenvalue weighted by atomic mass is 10.3. The zero-order chi connectivity index (χ0) is 14.7. The van der Waals surface area contributed by atoms with E-state index in [-0.39, 0.29) is 23.1 Å². The largest absolute Gasteiger partial charge is 0.484 e. The van der Waals surface area contributed by atoms with E-state index in [1.807, 2.05) is 6.92 Å². The minimum atomic E-state index is -2.70. The van der Waals surface area contributed by atoms with Crippen molar-refractivity contribution in [3.63, 3.8) is 0 Å². The van der Waals surface area contributed by atoms with Crippen LogP contribution in [0, 0.1) is 0 Å². The Kier molecular flexibility index (Phi) is 4.33. The highest BCUT2D eigenvalue weighted by molar-refractivity contribution is 7.14. The fraction of sp³-hybridized carbons (Fsp3) is 0.333. The van der Waals surface area contributed by atoms with Gasteiger partial charge in [0.2, 0.25) is 0 Å². The standard InChI is InChI=1S/C12H12F2N2O3S/c1-2-7-5-8(10(20-7)11(17)18)19-6-9-15-3-4-16(9)12(13)14/h3-5,12H,2,6H2,1H3,(H,17,18). The number of aromatic carboxylic acids is 1. The van der Waals surface area contributed by atoms with Crippen LogP contribution in [0.3, 0.4) is 0 Å². The average Bonchev–Trinajstić information content (AvgIpc) is 3.02. The van der Waals surface area contributed by atoms with Crippen LogP contribution in [0.5, 0.6) is 5.75 Å². The molecule has 0 aliphatic carbocycles. The van der Waals surface area contributed by atoms with Gasteiger partial charge in [0.25, 0.3) is 0 Å². The lowest BCUT2D eigenvalue weighted by Crippen LogP contribution is -2.08. The number of imidazole rings is 1. The molecular weight excluding hydrogens is 290 g/mol. The normalized spacial score (nSPS) is 11.0. The number of nitrogens with zero attached hydrogens (tertiary/aromatic N) is 2. The second-order valence-electron chi connectivity index (χ2n) is 3.88. The molecule has 0 spiro atoms. The van der Waals surface area contributed by atoms with Crippen molar-refractivity contribution in [3.05, 3.63) is 34.0 Å². The van der Waals surface area contributed by atoms with Gasteiger partial charge in [-0.05, 0) is 12.5 Å². The van der Waals surface area contributed by atoms with Crippen molar-refractivity contribution in [2.45, 2.75) is 26.5 Å². The van der Waals surface area contributed by atoms with E-state index < -0.39 is 12.5 Å². The molecular formula is C12H12F2N2O3S. The number of carboxylic acids is 1. The van der Waals surface area contributed by atoms with Crippen LogP contribution in [-0.4, -0.2) is 20.6 Å². The summed E-state index contributed by atoms with van der Waals surface area (Å²) in [5.41, 5.74) is 0. The molecule has 2 aromatic rings. The van der Waals surface area contributed by atoms with E-state index in [9.17, 15) is 13.6 Å². The molecule has 0 aromatic carbocycles. The fourth-order valence-electron chi connectivity index (χ4n) is 1.63. The van der Waals surface area contributed by atoms with Crippen molar-refractivity contribution in [1.82, 2.24) is 9.55 Å². The molecule has 1 N–H and O–H groups in total. The molecule has 2 heterocycles. The van der Waals surface area contributed by atoms with Gasteiger partial charge in [-0.2, -0.15) is 8.78 Å². The summed E-state index contributed by atoms with van der Waals surface area (Å²) < 4.78 is 31.3. The number of hydrogen-bond donors (Lipinski definition) is 1. The van der Waals surface area contributed by atoms with Gasteiger partial charge in [-0.15, -0.1) is 11.3 Å². The number of rotatable bonds is 6. The van der Waals surface area contributed by atoms with Crippen LogP contribution in [-0.2, 0) is 13.0 Å². The summed E-state index contributed by atoms with van der Waals surface area (Å²) >= 11 is 1.12. The second kappa shape index (κ2) is 6.00. The van der Waals surface area contributed by atoms with Crippen LogP contribution in [0.15, 0.2) is 18.5 Å². The highest BCUT2D eigenvalue weighted by Gasteiger charge is 2.18. The minimum Gasteiger partial charge on any atom is -0.484 e. The predicted octanol–water partition coefficient (Wildman–Crippen LogP) is 3.18. The van der Waals surface area contributed by atoms with Crippen LogP contribution < -0.4 is 4.74 Å². The Morgan fingerprint density at radius 1 is 1.60 bits per heavy atom. The SMILES string of the molecule is CCc1cc(OCc2nccn2C(F)F)c(C(=O)O)s1. The van der Waals surface area contributed by atoms with E-state index in [2.05, 4.69) is 4.98 Å². The summed E-state index contributed by atoms with van der Waals surface area (Å²) in [4.78, 5) is 15.8. The molecule has 0 amide bonds. The number of ether oxygens (including phenoxy) is 1.